The number of rotatable bonds is 5. The molecule has 5 aromatic heterocycles. The van der Waals surface area contributed by atoms with Crippen molar-refractivity contribution >= 4 is 140 Å². The van der Waals surface area contributed by atoms with Gasteiger partial charge in [-0.05, 0) is 87.3 Å². The zero-order valence-corrected chi connectivity index (χ0v) is 45.2. The first-order valence-corrected chi connectivity index (χ1v) is 28.8. The predicted molar refractivity (Wildman–Crippen MR) is 347 cm³/mol. The monoisotopic (exact) mass is 1070 g/mol. The largest absolute Gasteiger partial charge is 0.306 e. The molecule has 7 heteroatoms. The predicted octanol–water partition coefficient (Wildman–Crippen LogP) is 20.2. The standard InChI is InChI=1S/C76H42N6S/c77-43-59-72(79-61-31-10-3-21-50(61)51-22-4-11-32-62(51)79)73(80-63-33-12-5-23-52(63)53-24-6-13-34-64(53)80)60(44-78)75(74(59)81-65-35-14-7-25-54(65)55-26-8-15-36-66(55)81)82-67-37-18-30-57(48-29-17-28-47-46-20-2-1-19-45(46)39-40-49(47)48)70(67)71-68(82)42-41-58-56-27-9-16-38-69(56)83-76(58)71/h1-42H. The van der Waals surface area contributed by atoms with Crippen LogP contribution < -0.4 is 0 Å². The molecule has 382 valence electrons. The molecule has 0 radical (unpaired) electrons. The Labute approximate surface area is 478 Å². The molecule has 0 amide bonds. The summed E-state index contributed by atoms with van der Waals surface area (Å²) in [5.41, 5.74) is 12.9. The zero-order valence-electron chi connectivity index (χ0n) is 44.3. The molecule has 5 heterocycles. The van der Waals surface area contributed by atoms with Crippen LogP contribution >= 0.6 is 11.3 Å². The van der Waals surface area contributed by atoms with Gasteiger partial charge in [-0.25, -0.2) is 0 Å². The molecule has 18 aromatic rings. The van der Waals surface area contributed by atoms with Gasteiger partial charge in [0.15, 0.2) is 0 Å². The van der Waals surface area contributed by atoms with E-state index in [9.17, 15) is 10.5 Å². The van der Waals surface area contributed by atoms with E-state index in [0.29, 0.717) is 33.9 Å². The Hall–Kier alpha value is -11.2. The van der Waals surface area contributed by atoms with E-state index in [-0.39, 0.29) is 0 Å². The van der Waals surface area contributed by atoms with Gasteiger partial charge in [0.05, 0.1) is 66.9 Å². The lowest BCUT2D eigenvalue weighted by Gasteiger charge is -2.27. The summed E-state index contributed by atoms with van der Waals surface area (Å²) in [6.07, 6.45) is 0. The Morgan fingerprint density at radius 1 is 0.253 bits per heavy atom. The van der Waals surface area contributed by atoms with Crippen LogP contribution in [0, 0.1) is 22.7 Å². The average molecular weight is 1070 g/mol. The molecule has 0 unspecified atom stereocenters. The van der Waals surface area contributed by atoms with Gasteiger partial charge in [-0.1, -0.05) is 200 Å². The van der Waals surface area contributed by atoms with Crippen molar-refractivity contribution in [3.63, 3.8) is 0 Å². The van der Waals surface area contributed by atoms with E-state index < -0.39 is 0 Å². The highest BCUT2D eigenvalue weighted by molar-refractivity contribution is 7.26. The van der Waals surface area contributed by atoms with Crippen LogP contribution in [0.1, 0.15) is 11.1 Å². The summed E-state index contributed by atoms with van der Waals surface area (Å²) in [5.74, 6) is 0. The number of aromatic nitrogens is 4. The minimum atomic E-state index is 0.418. The van der Waals surface area contributed by atoms with Crippen molar-refractivity contribution in [1.29, 1.82) is 10.5 Å². The molecular formula is C76H42N6S. The van der Waals surface area contributed by atoms with Crippen LogP contribution in [-0.2, 0) is 0 Å². The van der Waals surface area contributed by atoms with Crippen molar-refractivity contribution in [2.24, 2.45) is 0 Å². The Morgan fingerprint density at radius 2 is 0.614 bits per heavy atom. The molecule has 0 saturated heterocycles. The van der Waals surface area contributed by atoms with Crippen LogP contribution in [0.4, 0.5) is 0 Å². The summed E-state index contributed by atoms with van der Waals surface area (Å²) in [6, 6.07) is 96.6. The summed E-state index contributed by atoms with van der Waals surface area (Å²) >= 11 is 1.81. The lowest BCUT2D eigenvalue weighted by atomic mass is 9.92. The number of benzene rings is 13. The molecule has 18 rings (SSSR count). The Morgan fingerprint density at radius 3 is 1.11 bits per heavy atom. The van der Waals surface area contributed by atoms with Gasteiger partial charge in [-0.2, -0.15) is 10.5 Å². The second-order valence-corrected chi connectivity index (χ2v) is 22.7. The Balaban J connectivity index is 1.13. The van der Waals surface area contributed by atoms with Crippen molar-refractivity contribution in [2.75, 3.05) is 0 Å². The van der Waals surface area contributed by atoms with Crippen molar-refractivity contribution in [3.05, 3.63) is 266 Å². The average Bonchev–Trinajstić information content (AvgIpc) is 3.41. The van der Waals surface area contributed by atoms with Crippen LogP contribution in [0.5, 0.6) is 0 Å². The summed E-state index contributed by atoms with van der Waals surface area (Å²) in [4.78, 5) is 0. The van der Waals surface area contributed by atoms with Crippen molar-refractivity contribution in [3.8, 4) is 46.0 Å². The van der Waals surface area contributed by atoms with Crippen LogP contribution in [0.2, 0.25) is 0 Å². The van der Waals surface area contributed by atoms with Gasteiger partial charge in [0.25, 0.3) is 0 Å². The summed E-state index contributed by atoms with van der Waals surface area (Å²) < 4.78 is 11.5. The summed E-state index contributed by atoms with van der Waals surface area (Å²) in [7, 11) is 0. The number of para-hydroxylation sites is 6. The molecule has 6 nitrogen and oxygen atoms in total. The Bertz CT molecular complexity index is 5820. The van der Waals surface area contributed by atoms with Gasteiger partial charge in [0.1, 0.15) is 23.3 Å². The normalized spacial score (nSPS) is 12.1. The highest BCUT2D eigenvalue weighted by Gasteiger charge is 2.35. The molecule has 0 atom stereocenters. The number of fused-ring (bicyclic) bond motifs is 19. The van der Waals surface area contributed by atoms with Crippen LogP contribution in [-0.4, -0.2) is 18.3 Å². The second-order valence-electron chi connectivity index (χ2n) is 21.6. The molecule has 0 aliphatic rings. The van der Waals surface area contributed by atoms with Crippen LogP contribution in [0.25, 0.3) is 163 Å². The topological polar surface area (TPSA) is 67.3 Å². The maximum Gasteiger partial charge on any atom is 0.104 e. The smallest absolute Gasteiger partial charge is 0.104 e. The molecule has 0 fully saturated rings. The third-order valence-electron chi connectivity index (χ3n) is 17.6. The van der Waals surface area contributed by atoms with Gasteiger partial charge >= 0.3 is 0 Å². The van der Waals surface area contributed by atoms with Gasteiger partial charge in [0, 0.05) is 63.3 Å². The summed E-state index contributed by atoms with van der Waals surface area (Å²) in [5, 5.41) is 41.4. The lowest BCUT2D eigenvalue weighted by molar-refractivity contribution is 1.02. The van der Waals surface area contributed by atoms with Gasteiger partial charge in [-0.3, -0.25) is 0 Å². The molecule has 0 aliphatic carbocycles. The number of hydrogen-bond donors (Lipinski definition) is 0. The molecule has 0 bridgehead atoms. The third-order valence-corrected chi connectivity index (χ3v) is 18.8. The summed E-state index contributed by atoms with van der Waals surface area (Å²) in [6.45, 7) is 0. The molecule has 0 aliphatic heterocycles. The minimum absolute atomic E-state index is 0.418. The number of hydrogen-bond acceptors (Lipinski definition) is 3. The van der Waals surface area contributed by atoms with Crippen molar-refractivity contribution in [2.45, 2.75) is 0 Å². The minimum Gasteiger partial charge on any atom is -0.306 e. The Kier molecular flexibility index (Phi) is 9.42. The fraction of sp³-hybridized carbons (Fsp3) is 0. The van der Waals surface area contributed by atoms with E-state index in [0.717, 1.165) is 108 Å². The molecular weight excluding hydrogens is 1030 g/mol. The van der Waals surface area contributed by atoms with Gasteiger partial charge in [0.2, 0.25) is 0 Å². The van der Waals surface area contributed by atoms with E-state index in [2.05, 4.69) is 285 Å². The molecule has 0 saturated carbocycles. The maximum atomic E-state index is 13.0. The van der Waals surface area contributed by atoms with Crippen molar-refractivity contribution in [1.82, 2.24) is 18.3 Å². The molecule has 83 heavy (non-hydrogen) atoms. The van der Waals surface area contributed by atoms with E-state index in [1.165, 1.54) is 31.6 Å². The molecule has 0 spiro atoms. The quantitative estimate of drug-likeness (QED) is 0.161. The molecule has 0 N–H and O–H groups in total. The first kappa shape index (κ1) is 45.6. The maximum absolute atomic E-state index is 13.0. The third kappa shape index (κ3) is 6.07. The van der Waals surface area contributed by atoms with Gasteiger partial charge in [-0.15, -0.1) is 11.3 Å². The number of thiophene rings is 1. The zero-order chi connectivity index (χ0) is 54.6. The van der Waals surface area contributed by atoms with E-state index in [1.54, 1.807) is 0 Å². The van der Waals surface area contributed by atoms with Crippen molar-refractivity contribution < 1.29 is 0 Å². The molecule has 13 aromatic carbocycles. The number of nitrogens with zero attached hydrogens (tertiary/aromatic N) is 6. The van der Waals surface area contributed by atoms with Crippen LogP contribution in [0.15, 0.2) is 255 Å². The first-order chi connectivity index (χ1) is 41.2. The fourth-order valence-electron chi connectivity index (χ4n) is 14.3. The first-order valence-electron chi connectivity index (χ1n) is 28.0. The van der Waals surface area contributed by atoms with E-state index in [1.807, 2.05) is 11.3 Å². The lowest BCUT2D eigenvalue weighted by Crippen LogP contribution is -2.16. The van der Waals surface area contributed by atoms with Crippen LogP contribution in [0.3, 0.4) is 0 Å². The number of nitriles is 2. The SMILES string of the molecule is N#Cc1c(-n2c3ccccc3c3ccccc32)c(-n2c3ccccc3c3ccccc32)c(C#N)c(-n2c3cccc(-c4cccc5c4ccc4ccccc45)c3c3c4sc5ccccc5c4ccc32)c1-n1c2ccccc2c2ccccc21. The van der Waals surface area contributed by atoms with E-state index in [4.69, 9.17) is 0 Å². The highest BCUT2D eigenvalue weighted by Crippen LogP contribution is 2.52. The van der Waals surface area contributed by atoms with Gasteiger partial charge < -0.3 is 18.3 Å². The van der Waals surface area contributed by atoms with E-state index >= 15 is 0 Å². The highest BCUT2D eigenvalue weighted by atomic mass is 32.1. The second kappa shape index (κ2) is 17.1. The fourth-order valence-corrected chi connectivity index (χ4v) is 15.6.